The van der Waals surface area contributed by atoms with Gasteiger partial charge in [0.05, 0.1) is 6.20 Å². The Kier molecular flexibility index (Phi) is 15.4. The normalized spacial score (nSPS) is 11.0. The summed E-state index contributed by atoms with van der Waals surface area (Å²) in [6.45, 7) is 3.09. The van der Waals surface area contributed by atoms with Crippen molar-refractivity contribution in [1.82, 2.24) is 4.98 Å². The lowest BCUT2D eigenvalue weighted by molar-refractivity contribution is -0.577. The van der Waals surface area contributed by atoms with Crippen molar-refractivity contribution in [3.63, 3.8) is 0 Å². The highest BCUT2D eigenvalue weighted by atomic mass is 16.5. The SMILES string of the molecule is CCCCCCCCCCCCCCCCCCCNc1ccnc(N)[n+]1[O-]. The number of nitrogen functional groups attached to an aromatic ring is 1. The van der Waals surface area contributed by atoms with E-state index >= 15 is 0 Å². The van der Waals surface area contributed by atoms with E-state index in [9.17, 15) is 5.21 Å². The van der Waals surface area contributed by atoms with Crippen LogP contribution in [0.25, 0.3) is 0 Å². The van der Waals surface area contributed by atoms with Gasteiger partial charge in [0.25, 0.3) is 0 Å². The third-order valence-corrected chi connectivity index (χ3v) is 5.45. The highest BCUT2D eigenvalue weighted by Gasteiger charge is 2.03. The van der Waals surface area contributed by atoms with Gasteiger partial charge >= 0.3 is 5.95 Å². The Labute approximate surface area is 173 Å². The number of rotatable bonds is 19. The van der Waals surface area contributed by atoms with Crippen molar-refractivity contribution >= 4 is 11.8 Å². The number of nitrogens with one attached hydrogen (secondary N) is 1. The van der Waals surface area contributed by atoms with Gasteiger partial charge in [-0.15, -0.1) is 4.98 Å². The summed E-state index contributed by atoms with van der Waals surface area (Å²) in [7, 11) is 0. The van der Waals surface area contributed by atoms with Crippen molar-refractivity contribution in [3.05, 3.63) is 17.5 Å². The van der Waals surface area contributed by atoms with Gasteiger partial charge in [-0.05, 0) is 6.42 Å². The third-order valence-electron chi connectivity index (χ3n) is 5.45. The molecule has 5 heteroatoms. The van der Waals surface area contributed by atoms with Gasteiger partial charge in [-0.25, -0.2) is 4.73 Å². The molecular formula is C23H44N4O. The molecule has 162 valence electrons. The van der Waals surface area contributed by atoms with E-state index < -0.39 is 0 Å². The van der Waals surface area contributed by atoms with Crippen LogP contribution in [0.1, 0.15) is 116 Å². The van der Waals surface area contributed by atoms with Crippen LogP contribution in [0, 0.1) is 5.21 Å². The summed E-state index contributed by atoms with van der Waals surface area (Å²) in [5.74, 6) is 0.483. The third kappa shape index (κ3) is 12.8. The van der Waals surface area contributed by atoms with E-state index in [2.05, 4.69) is 17.2 Å². The molecule has 5 nitrogen and oxygen atoms in total. The molecule has 0 spiro atoms. The molecule has 0 aromatic carbocycles. The summed E-state index contributed by atoms with van der Waals surface area (Å²) in [6, 6.07) is 1.66. The van der Waals surface area contributed by atoms with Crippen molar-refractivity contribution in [2.45, 2.75) is 116 Å². The van der Waals surface area contributed by atoms with E-state index in [0.717, 1.165) is 13.0 Å². The van der Waals surface area contributed by atoms with Crippen LogP contribution in [0.3, 0.4) is 0 Å². The van der Waals surface area contributed by atoms with Gasteiger partial charge in [-0.1, -0.05) is 110 Å². The molecule has 0 bridgehead atoms. The molecule has 0 amide bonds. The van der Waals surface area contributed by atoms with E-state index in [-0.39, 0.29) is 5.95 Å². The topological polar surface area (TPSA) is 77.9 Å². The van der Waals surface area contributed by atoms with Gasteiger partial charge in [-0.3, -0.25) is 0 Å². The molecule has 1 heterocycles. The lowest BCUT2D eigenvalue weighted by Crippen LogP contribution is -2.35. The number of hydrogen-bond acceptors (Lipinski definition) is 4. The minimum atomic E-state index is -0.00703. The standard InChI is InChI=1S/C23H44N4O/c1-2-3-4-5-6-7-8-9-10-11-12-13-14-15-16-17-18-20-25-22-19-21-26-23(24)27(22)28/h19,21,25H,2-18,20H2,1H3,(H2,24,26). The zero-order valence-electron chi connectivity index (χ0n) is 18.3. The van der Waals surface area contributed by atoms with E-state index in [1.165, 1.54) is 103 Å². The summed E-state index contributed by atoms with van der Waals surface area (Å²) in [5.41, 5.74) is 5.49. The van der Waals surface area contributed by atoms with Crippen LogP contribution in [0.2, 0.25) is 0 Å². The maximum Gasteiger partial charge on any atom is 0.343 e. The first-order valence-corrected chi connectivity index (χ1v) is 11.8. The number of nitrogens with zero attached hydrogens (tertiary/aromatic N) is 2. The minimum absolute atomic E-state index is 0.00703. The molecule has 0 aliphatic carbocycles. The number of anilines is 2. The minimum Gasteiger partial charge on any atom is -0.754 e. The maximum absolute atomic E-state index is 11.6. The molecular weight excluding hydrogens is 348 g/mol. The van der Waals surface area contributed by atoms with Crippen molar-refractivity contribution in [3.8, 4) is 0 Å². The van der Waals surface area contributed by atoms with Crippen LogP contribution >= 0.6 is 0 Å². The van der Waals surface area contributed by atoms with Gasteiger partial charge in [0.15, 0.2) is 5.82 Å². The first kappa shape index (κ1) is 24.5. The average molecular weight is 393 g/mol. The Hall–Kier alpha value is -1.52. The van der Waals surface area contributed by atoms with E-state index in [0.29, 0.717) is 10.5 Å². The number of aromatic nitrogens is 2. The lowest BCUT2D eigenvalue weighted by Gasteiger charge is -2.12. The van der Waals surface area contributed by atoms with Gasteiger partial charge in [0.2, 0.25) is 0 Å². The lowest BCUT2D eigenvalue weighted by atomic mass is 10.0. The number of unbranched alkanes of at least 4 members (excludes halogenated alkanes) is 16. The number of hydrogen-bond donors (Lipinski definition) is 2. The van der Waals surface area contributed by atoms with Crippen LogP contribution in [0.15, 0.2) is 12.3 Å². The molecule has 3 N–H and O–H groups in total. The van der Waals surface area contributed by atoms with Crippen molar-refractivity contribution in [2.75, 3.05) is 17.6 Å². The van der Waals surface area contributed by atoms with Crippen LogP contribution < -0.4 is 15.8 Å². The molecule has 1 aromatic rings. The predicted molar refractivity (Wildman–Crippen MR) is 120 cm³/mol. The van der Waals surface area contributed by atoms with Crippen molar-refractivity contribution in [2.24, 2.45) is 0 Å². The Balaban J connectivity index is 1.77. The second kappa shape index (κ2) is 17.6. The Morgan fingerprint density at radius 3 is 1.68 bits per heavy atom. The molecule has 0 aliphatic heterocycles. The largest absolute Gasteiger partial charge is 0.754 e. The highest BCUT2D eigenvalue weighted by molar-refractivity contribution is 5.29. The second-order valence-electron chi connectivity index (χ2n) is 8.07. The highest BCUT2D eigenvalue weighted by Crippen LogP contribution is 2.14. The van der Waals surface area contributed by atoms with Gasteiger partial charge < -0.3 is 16.3 Å². The monoisotopic (exact) mass is 392 g/mol. The Bertz CT molecular complexity index is 482. The molecule has 0 atom stereocenters. The maximum atomic E-state index is 11.6. The fraction of sp³-hybridized carbons (Fsp3) is 0.826. The summed E-state index contributed by atoms with van der Waals surface area (Å²) >= 11 is 0. The summed E-state index contributed by atoms with van der Waals surface area (Å²) in [4.78, 5) is 3.76. The first-order chi connectivity index (χ1) is 13.8. The molecule has 1 aromatic heterocycles. The zero-order chi connectivity index (χ0) is 20.3. The van der Waals surface area contributed by atoms with Crippen molar-refractivity contribution < 1.29 is 4.73 Å². The number of nitrogens with two attached hydrogens (primary N) is 1. The molecule has 1 rings (SSSR count). The molecule has 0 saturated carbocycles. The first-order valence-electron chi connectivity index (χ1n) is 11.8. The molecule has 0 saturated heterocycles. The molecule has 28 heavy (non-hydrogen) atoms. The molecule has 0 fully saturated rings. The quantitative estimate of drug-likeness (QED) is 0.163. The Morgan fingerprint density at radius 2 is 1.21 bits per heavy atom. The van der Waals surface area contributed by atoms with E-state index in [1.54, 1.807) is 12.3 Å². The van der Waals surface area contributed by atoms with Crippen LogP contribution in [0.5, 0.6) is 0 Å². The van der Waals surface area contributed by atoms with Crippen LogP contribution in [-0.4, -0.2) is 11.5 Å². The zero-order valence-corrected chi connectivity index (χ0v) is 18.3. The fourth-order valence-corrected chi connectivity index (χ4v) is 3.62. The Morgan fingerprint density at radius 1 is 0.786 bits per heavy atom. The average Bonchev–Trinajstić information content (AvgIpc) is 2.70. The van der Waals surface area contributed by atoms with Crippen LogP contribution in [0.4, 0.5) is 11.8 Å². The fourth-order valence-electron chi connectivity index (χ4n) is 3.62. The van der Waals surface area contributed by atoms with Gasteiger partial charge in [0.1, 0.15) is 0 Å². The van der Waals surface area contributed by atoms with Gasteiger partial charge in [-0.2, -0.15) is 0 Å². The van der Waals surface area contributed by atoms with Gasteiger partial charge in [0, 0.05) is 12.6 Å². The van der Waals surface area contributed by atoms with E-state index in [4.69, 9.17) is 5.73 Å². The van der Waals surface area contributed by atoms with E-state index in [1.807, 2.05) is 0 Å². The molecule has 0 unspecified atom stereocenters. The predicted octanol–water partition coefficient (Wildman–Crippen LogP) is 6.36. The summed E-state index contributed by atoms with van der Waals surface area (Å²) in [5, 5.41) is 14.8. The second-order valence-corrected chi connectivity index (χ2v) is 8.07. The smallest absolute Gasteiger partial charge is 0.343 e. The molecule has 0 aliphatic rings. The molecule has 0 radical (unpaired) electrons. The van der Waals surface area contributed by atoms with Crippen LogP contribution in [-0.2, 0) is 0 Å². The summed E-state index contributed by atoms with van der Waals surface area (Å²) in [6.07, 6.45) is 24.9. The van der Waals surface area contributed by atoms with Crippen molar-refractivity contribution in [1.29, 1.82) is 0 Å². The summed E-state index contributed by atoms with van der Waals surface area (Å²) < 4.78 is 0.646.